The number of Topliss-reactive ketones (excluding diaryl/α,β-unsaturated/α-hetero) is 1. The van der Waals surface area contributed by atoms with Crippen molar-refractivity contribution in [3.05, 3.63) is 33.8 Å². The lowest BCUT2D eigenvalue weighted by Gasteiger charge is -2.01. The van der Waals surface area contributed by atoms with Gasteiger partial charge in [-0.1, -0.05) is 49.7 Å². The van der Waals surface area contributed by atoms with Crippen molar-refractivity contribution >= 4 is 27.7 Å². The summed E-state index contributed by atoms with van der Waals surface area (Å²) in [4.78, 5) is 22.3. The number of ketones is 1. The molecule has 0 bridgehead atoms. The zero-order valence-electron chi connectivity index (χ0n) is 11.9. The Balaban J connectivity index is 0.000000741. The molecule has 0 heterocycles. The van der Waals surface area contributed by atoms with E-state index in [1.165, 1.54) is 0 Å². The molecule has 0 aliphatic heterocycles. The average Bonchev–Trinajstić information content (AvgIpc) is 2.70. The monoisotopic (exact) mass is 328 g/mol. The van der Waals surface area contributed by atoms with E-state index in [1.54, 1.807) is 12.1 Å². The Kier molecular flexibility index (Phi) is 8.32. The van der Waals surface area contributed by atoms with E-state index in [0.29, 0.717) is 12.0 Å². The van der Waals surface area contributed by atoms with Gasteiger partial charge in [0.1, 0.15) is 0 Å². The second-order valence-electron chi connectivity index (χ2n) is 3.66. The molecule has 0 saturated heterocycles. The lowest BCUT2D eigenvalue weighted by atomic mass is 10.0. The van der Waals surface area contributed by atoms with Crippen LogP contribution in [0.3, 0.4) is 0 Å². The highest BCUT2D eigenvalue weighted by Gasteiger charge is 2.31. The molecule has 1 aromatic rings. The Morgan fingerprint density at radius 3 is 2.42 bits per heavy atom. The van der Waals surface area contributed by atoms with Gasteiger partial charge in [-0.05, 0) is 24.1 Å². The van der Waals surface area contributed by atoms with Gasteiger partial charge in [-0.2, -0.15) is 0 Å². The molecule has 1 aromatic carbocycles. The van der Waals surface area contributed by atoms with E-state index >= 15 is 0 Å². The molecule has 4 heteroatoms. The first-order valence-electron chi connectivity index (χ1n) is 6.62. The molecule has 1 unspecified atom stereocenters. The van der Waals surface area contributed by atoms with E-state index < -0.39 is 5.97 Å². The van der Waals surface area contributed by atoms with Crippen LogP contribution >= 0.6 is 15.9 Å². The number of carbonyl (C=O) groups is 2. The highest BCUT2D eigenvalue weighted by atomic mass is 79.9. The van der Waals surface area contributed by atoms with Crippen molar-refractivity contribution in [2.24, 2.45) is 5.92 Å². The minimum absolute atomic E-state index is 0.0418. The van der Waals surface area contributed by atoms with E-state index in [9.17, 15) is 9.59 Å². The Bertz CT molecular complexity index is 441. The van der Waals surface area contributed by atoms with Crippen LogP contribution in [0.15, 0.2) is 22.7 Å². The zero-order valence-corrected chi connectivity index (χ0v) is 13.5. The van der Waals surface area contributed by atoms with Crippen molar-refractivity contribution in [2.45, 2.75) is 40.5 Å². The molecule has 0 fully saturated rings. The van der Waals surface area contributed by atoms with Gasteiger partial charge in [0.2, 0.25) is 0 Å². The van der Waals surface area contributed by atoms with Crippen LogP contribution in [0.25, 0.3) is 0 Å². The van der Waals surface area contributed by atoms with E-state index in [1.807, 2.05) is 33.8 Å². The fourth-order valence-electron chi connectivity index (χ4n) is 1.93. The molecule has 106 valence electrons. The highest BCUT2D eigenvalue weighted by molar-refractivity contribution is 9.10. The summed E-state index contributed by atoms with van der Waals surface area (Å²) in [6.07, 6.45) is 0.463. The molecule has 1 aliphatic carbocycles. The fourth-order valence-corrected chi connectivity index (χ4v) is 2.33. The summed E-state index contributed by atoms with van der Waals surface area (Å²) in [5.41, 5.74) is 1.62. The number of hydrogen-bond acceptors (Lipinski definition) is 2. The summed E-state index contributed by atoms with van der Waals surface area (Å²) in [5.74, 6) is -1.34. The van der Waals surface area contributed by atoms with Crippen LogP contribution in [0.2, 0.25) is 0 Å². The molecular formula is C15H21BrO3. The maximum absolute atomic E-state index is 11.8. The lowest BCUT2D eigenvalue weighted by molar-refractivity contribution is -0.137. The number of halogens is 1. The van der Waals surface area contributed by atoms with Crippen molar-refractivity contribution < 1.29 is 14.7 Å². The summed E-state index contributed by atoms with van der Waals surface area (Å²) in [6, 6.07) is 5.44. The average molecular weight is 329 g/mol. The number of benzene rings is 1. The number of fused-ring (bicyclic) bond motifs is 1. The van der Waals surface area contributed by atoms with Gasteiger partial charge < -0.3 is 5.11 Å². The molecule has 3 nitrogen and oxygen atoms in total. The second kappa shape index (κ2) is 8.86. The Hall–Kier alpha value is -1.16. The molecule has 2 rings (SSSR count). The van der Waals surface area contributed by atoms with E-state index in [2.05, 4.69) is 15.9 Å². The van der Waals surface area contributed by atoms with Crippen molar-refractivity contribution in [2.75, 3.05) is 0 Å². The van der Waals surface area contributed by atoms with Gasteiger partial charge in [0.15, 0.2) is 5.78 Å². The Morgan fingerprint density at radius 1 is 1.32 bits per heavy atom. The maximum atomic E-state index is 11.8. The van der Waals surface area contributed by atoms with Gasteiger partial charge in [0.25, 0.3) is 0 Å². The van der Waals surface area contributed by atoms with Crippen LogP contribution in [0.4, 0.5) is 0 Å². The van der Waals surface area contributed by atoms with Gasteiger partial charge in [0.05, 0.1) is 6.42 Å². The summed E-state index contributed by atoms with van der Waals surface area (Å²) >= 11 is 3.33. The predicted octanol–water partition coefficient (Wildman–Crippen LogP) is 4.33. The molecule has 1 aliphatic rings. The van der Waals surface area contributed by atoms with Crippen LogP contribution in [-0.4, -0.2) is 16.9 Å². The number of carboxylic acid groups (broad SMARTS) is 1. The summed E-state index contributed by atoms with van der Waals surface area (Å²) < 4.78 is 0.921. The largest absolute Gasteiger partial charge is 0.481 e. The summed E-state index contributed by atoms with van der Waals surface area (Å²) in [7, 11) is 0. The first kappa shape index (κ1) is 17.8. The number of carboxylic acids is 1. The number of hydrogen-bond donors (Lipinski definition) is 1. The summed E-state index contributed by atoms with van der Waals surface area (Å²) in [5, 5.41) is 8.66. The smallest absolute Gasteiger partial charge is 0.304 e. The van der Waals surface area contributed by atoms with Crippen LogP contribution in [0, 0.1) is 5.92 Å². The third-order valence-corrected chi connectivity index (χ3v) is 3.08. The first-order chi connectivity index (χ1) is 9.08. The van der Waals surface area contributed by atoms with Crippen molar-refractivity contribution in [1.82, 2.24) is 0 Å². The van der Waals surface area contributed by atoms with Crippen LogP contribution in [0.1, 0.15) is 50.0 Å². The minimum Gasteiger partial charge on any atom is -0.481 e. The Morgan fingerprint density at radius 2 is 1.89 bits per heavy atom. The van der Waals surface area contributed by atoms with Crippen molar-refractivity contribution in [1.29, 1.82) is 0 Å². The highest BCUT2D eigenvalue weighted by Crippen LogP contribution is 2.30. The molecule has 1 N–H and O–H groups in total. The maximum Gasteiger partial charge on any atom is 0.304 e. The molecular weight excluding hydrogens is 308 g/mol. The van der Waals surface area contributed by atoms with E-state index in [4.69, 9.17) is 5.11 Å². The third-order valence-electron chi connectivity index (χ3n) is 2.59. The minimum atomic E-state index is -0.916. The predicted molar refractivity (Wildman–Crippen MR) is 80.6 cm³/mol. The SMILES string of the molecule is CC.CC.O=C(O)CC1Cc2cc(Br)ccc2C1=O. The third kappa shape index (κ3) is 4.78. The van der Waals surface area contributed by atoms with Gasteiger partial charge in [-0.25, -0.2) is 0 Å². The number of carbonyl (C=O) groups excluding carboxylic acids is 1. The summed E-state index contributed by atoms with van der Waals surface area (Å²) in [6.45, 7) is 8.00. The molecule has 0 aromatic heterocycles. The number of aliphatic carboxylic acids is 1. The molecule has 0 spiro atoms. The van der Waals surface area contributed by atoms with Crippen molar-refractivity contribution in [3.8, 4) is 0 Å². The normalized spacial score (nSPS) is 15.6. The molecule has 0 amide bonds. The lowest BCUT2D eigenvalue weighted by Crippen LogP contribution is -2.13. The van der Waals surface area contributed by atoms with Gasteiger partial charge in [0, 0.05) is 16.0 Å². The van der Waals surface area contributed by atoms with Crippen LogP contribution in [-0.2, 0) is 11.2 Å². The van der Waals surface area contributed by atoms with Crippen LogP contribution < -0.4 is 0 Å². The zero-order chi connectivity index (χ0) is 15.0. The first-order valence-corrected chi connectivity index (χ1v) is 7.41. The van der Waals surface area contributed by atoms with Crippen molar-refractivity contribution in [3.63, 3.8) is 0 Å². The molecule has 0 radical (unpaired) electrons. The molecule has 19 heavy (non-hydrogen) atoms. The second-order valence-corrected chi connectivity index (χ2v) is 4.58. The number of rotatable bonds is 2. The van der Waals surface area contributed by atoms with Crippen LogP contribution in [0.5, 0.6) is 0 Å². The van der Waals surface area contributed by atoms with E-state index in [0.717, 1.165) is 10.0 Å². The fraction of sp³-hybridized carbons (Fsp3) is 0.467. The quantitative estimate of drug-likeness (QED) is 0.878. The standard InChI is InChI=1S/C11H9BrO3.2C2H6/c12-8-1-2-9-6(4-8)3-7(11(9)15)5-10(13)14;2*1-2/h1-2,4,7H,3,5H2,(H,13,14);2*1-2H3. The van der Waals surface area contributed by atoms with Gasteiger partial charge >= 0.3 is 5.97 Å². The van der Waals surface area contributed by atoms with E-state index in [-0.39, 0.29) is 18.1 Å². The molecule has 0 saturated carbocycles. The topological polar surface area (TPSA) is 54.4 Å². The Labute approximate surface area is 123 Å². The van der Waals surface area contributed by atoms with Gasteiger partial charge in [-0.15, -0.1) is 0 Å². The van der Waals surface area contributed by atoms with Gasteiger partial charge in [-0.3, -0.25) is 9.59 Å². The molecule has 1 atom stereocenters.